The van der Waals surface area contributed by atoms with Gasteiger partial charge >= 0.3 is 0 Å². The molecule has 0 amide bonds. The largest absolute Gasteiger partial charge is 0.496 e. The molecule has 0 N–H and O–H groups in total. The highest BCUT2D eigenvalue weighted by Crippen LogP contribution is 2.31. The average molecular weight is 328 g/mol. The van der Waals surface area contributed by atoms with Crippen LogP contribution in [0.4, 0.5) is 0 Å². The Morgan fingerprint density at radius 1 is 1.25 bits per heavy atom. The van der Waals surface area contributed by atoms with Gasteiger partial charge in [0.25, 0.3) is 0 Å². The Balaban J connectivity index is 1.74. The number of rotatable bonds is 6. The molecule has 3 rings (SSSR count). The molecule has 130 valence electrons. The van der Waals surface area contributed by atoms with Gasteiger partial charge in [-0.05, 0) is 19.5 Å². The Bertz CT molecular complexity index is 654. The second-order valence-corrected chi connectivity index (χ2v) is 6.51. The fourth-order valence-corrected chi connectivity index (χ4v) is 3.49. The first-order chi connectivity index (χ1) is 11.7. The van der Waals surface area contributed by atoms with E-state index in [-0.39, 0.29) is 0 Å². The fourth-order valence-electron chi connectivity index (χ4n) is 3.49. The van der Waals surface area contributed by atoms with Gasteiger partial charge in [-0.1, -0.05) is 25.1 Å². The molecule has 5 nitrogen and oxygen atoms in total. The third kappa shape index (κ3) is 3.62. The molecule has 5 heteroatoms. The number of likely N-dealkylation sites (N-methyl/N-ethyl adjacent to an activating group) is 1. The lowest BCUT2D eigenvalue weighted by Gasteiger charge is -2.40. The lowest BCUT2D eigenvalue weighted by atomic mass is 10.0. The Hall–Kier alpha value is -1.85. The number of hydrogen-bond donors (Lipinski definition) is 0. The van der Waals surface area contributed by atoms with Crippen LogP contribution in [0.3, 0.4) is 0 Å². The average Bonchev–Trinajstić information content (AvgIpc) is 3.04. The van der Waals surface area contributed by atoms with Crippen molar-refractivity contribution in [3.05, 3.63) is 48.0 Å². The highest BCUT2D eigenvalue weighted by molar-refractivity contribution is 5.36. The summed E-state index contributed by atoms with van der Waals surface area (Å²) < 4.78 is 7.85. The van der Waals surface area contributed by atoms with E-state index in [1.165, 1.54) is 11.4 Å². The van der Waals surface area contributed by atoms with Crippen LogP contribution in [0.5, 0.6) is 5.75 Å². The number of para-hydroxylation sites is 1. The number of nitrogens with zero attached hydrogens (tertiary/aromatic N) is 4. The Morgan fingerprint density at radius 2 is 2.08 bits per heavy atom. The number of aryl methyl sites for hydroxylation is 1. The Labute approximate surface area is 144 Å². The number of piperazine rings is 1. The van der Waals surface area contributed by atoms with Crippen LogP contribution in [0.2, 0.25) is 0 Å². The maximum Gasteiger partial charge on any atom is 0.123 e. The quantitative estimate of drug-likeness (QED) is 0.816. The monoisotopic (exact) mass is 328 g/mol. The topological polar surface area (TPSA) is 33.5 Å². The molecule has 1 aliphatic heterocycles. The molecular formula is C19H28N4O. The van der Waals surface area contributed by atoms with Crippen LogP contribution in [0, 0.1) is 0 Å². The van der Waals surface area contributed by atoms with Crippen molar-refractivity contribution in [1.29, 1.82) is 0 Å². The van der Waals surface area contributed by atoms with E-state index >= 15 is 0 Å². The van der Waals surface area contributed by atoms with E-state index in [0.29, 0.717) is 6.04 Å². The molecule has 1 fully saturated rings. The van der Waals surface area contributed by atoms with Gasteiger partial charge in [-0.2, -0.15) is 0 Å². The van der Waals surface area contributed by atoms with E-state index in [4.69, 9.17) is 4.74 Å². The molecule has 0 aliphatic carbocycles. The first-order valence-corrected chi connectivity index (χ1v) is 8.78. The molecule has 0 unspecified atom stereocenters. The summed E-state index contributed by atoms with van der Waals surface area (Å²) in [5.74, 6) is 2.14. The summed E-state index contributed by atoms with van der Waals surface area (Å²) in [4.78, 5) is 9.49. The normalized spacial score (nSPS) is 19.5. The van der Waals surface area contributed by atoms with Gasteiger partial charge in [0.15, 0.2) is 0 Å². The molecule has 1 atom stereocenters. The molecular weight excluding hydrogens is 300 g/mol. The van der Waals surface area contributed by atoms with Crippen LogP contribution in [0.25, 0.3) is 0 Å². The smallest absolute Gasteiger partial charge is 0.123 e. The van der Waals surface area contributed by atoms with Gasteiger partial charge in [-0.15, -0.1) is 0 Å². The first kappa shape index (κ1) is 17.0. The molecule has 2 heterocycles. The lowest BCUT2D eigenvalue weighted by molar-refractivity contribution is 0.0863. The van der Waals surface area contributed by atoms with Gasteiger partial charge in [-0.25, -0.2) is 4.98 Å². The zero-order chi connectivity index (χ0) is 16.9. The predicted octanol–water partition coefficient (Wildman–Crippen LogP) is 2.79. The van der Waals surface area contributed by atoms with E-state index in [9.17, 15) is 0 Å². The summed E-state index contributed by atoms with van der Waals surface area (Å²) in [6, 6.07) is 8.71. The molecule has 24 heavy (non-hydrogen) atoms. The molecule has 0 radical (unpaired) electrons. The van der Waals surface area contributed by atoms with Crippen molar-refractivity contribution in [2.24, 2.45) is 0 Å². The molecule has 0 saturated carbocycles. The van der Waals surface area contributed by atoms with E-state index in [2.05, 4.69) is 57.7 Å². The number of aromatic nitrogens is 2. The standard InChI is InChI=1S/C19H28N4O/c1-4-10-23-11-9-20-19(23)15-22-13-12-21(2)17(14-22)16-7-5-6-8-18(16)24-3/h5-9,11,17H,4,10,12-15H2,1-3H3/t17-/m0/s1. The minimum absolute atomic E-state index is 0.351. The van der Waals surface area contributed by atoms with Crippen molar-refractivity contribution in [3.63, 3.8) is 0 Å². The van der Waals surface area contributed by atoms with E-state index < -0.39 is 0 Å². The summed E-state index contributed by atoms with van der Waals surface area (Å²) >= 11 is 0. The van der Waals surface area contributed by atoms with E-state index in [1.807, 2.05) is 12.3 Å². The minimum Gasteiger partial charge on any atom is -0.496 e. The summed E-state index contributed by atoms with van der Waals surface area (Å²) in [5, 5.41) is 0. The van der Waals surface area contributed by atoms with Crippen molar-refractivity contribution < 1.29 is 4.74 Å². The fraction of sp³-hybridized carbons (Fsp3) is 0.526. The van der Waals surface area contributed by atoms with Gasteiger partial charge in [-0.3, -0.25) is 9.80 Å². The summed E-state index contributed by atoms with van der Waals surface area (Å²) in [6.45, 7) is 7.27. The third-order valence-electron chi connectivity index (χ3n) is 4.86. The molecule has 2 aromatic rings. The van der Waals surface area contributed by atoms with Crippen molar-refractivity contribution >= 4 is 0 Å². The number of benzene rings is 1. The molecule has 1 aromatic carbocycles. The number of methoxy groups -OCH3 is 1. The van der Waals surface area contributed by atoms with Crippen LogP contribution in [0.1, 0.15) is 30.8 Å². The van der Waals surface area contributed by atoms with Crippen molar-refractivity contribution in [2.75, 3.05) is 33.8 Å². The van der Waals surface area contributed by atoms with Crippen LogP contribution in [-0.2, 0) is 13.1 Å². The summed E-state index contributed by atoms with van der Waals surface area (Å²) in [7, 11) is 3.95. The van der Waals surface area contributed by atoms with E-state index in [1.54, 1.807) is 7.11 Å². The van der Waals surface area contributed by atoms with Gasteiger partial charge in [0.1, 0.15) is 11.6 Å². The first-order valence-electron chi connectivity index (χ1n) is 8.78. The van der Waals surface area contributed by atoms with Gasteiger partial charge in [0.05, 0.1) is 19.7 Å². The molecule has 0 bridgehead atoms. The second kappa shape index (κ2) is 7.81. The van der Waals surface area contributed by atoms with Crippen molar-refractivity contribution in [3.8, 4) is 5.75 Å². The summed E-state index contributed by atoms with van der Waals surface area (Å²) in [6.07, 6.45) is 5.14. The van der Waals surface area contributed by atoms with Crippen LogP contribution >= 0.6 is 0 Å². The number of imidazole rings is 1. The number of ether oxygens (including phenoxy) is 1. The maximum atomic E-state index is 5.58. The molecule has 1 aromatic heterocycles. The van der Waals surface area contributed by atoms with Crippen LogP contribution in [0.15, 0.2) is 36.7 Å². The zero-order valence-electron chi connectivity index (χ0n) is 15.0. The van der Waals surface area contributed by atoms with Gasteiger partial charge in [0, 0.05) is 44.1 Å². The molecule has 1 aliphatic rings. The molecule has 1 saturated heterocycles. The Kier molecular flexibility index (Phi) is 5.53. The summed E-state index contributed by atoms with van der Waals surface area (Å²) in [5.41, 5.74) is 1.27. The van der Waals surface area contributed by atoms with Gasteiger partial charge < -0.3 is 9.30 Å². The van der Waals surface area contributed by atoms with Crippen LogP contribution < -0.4 is 4.74 Å². The number of hydrogen-bond acceptors (Lipinski definition) is 4. The highest BCUT2D eigenvalue weighted by atomic mass is 16.5. The zero-order valence-corrected chi connectivity index (χ0v) is 15.0. The van der Waals surface area contributed by atoms with E-state index in [0.717, 1.165) is 44.9 Å². The van der Waals surface area contributed by atoms with Crippen LogP contribution in [-0.4, -0.2) is 53.1 Å². The maximum absolute atomic E-state index is 5.58. The third-order valence-corrected chi connectivity index (χ3v) is 4.86. The van der Waals surface area contributed by atoms with Gasteiger partial charge in [0.2, 0.25) is 0 Å². The molecule has 0 spiro atoms. The van der Waals surface area contributed by atoms with Crippen molar-refractivity contribution in [2.45, 2.75) is 32.5 Å². The lowest BCUT2D eigenvalue weighted by Crippen LogP contribution is -2.46. The Morgan fingerprint density at radius 3 is 2.88 bits per heavy atom. The highest BCUT2D eigenvalue weighted by Gasteiger charge is 2.28. The predicted molar refractivity (Wildman–Crippen MR) is 96.2 cm³/mol. The SMILES string of the molecule is CCCn1ccnc1CN1CCN(C)[C@H](c2ccccc2OC)C1. The minimum atomic E-state index is 0.351. The second-order valence-electron chi connectivity index (χ2n) is 6.51. The van der Waals surface area contributed by atoms with Crippen molar-refractivity contribution in [1.82, 2.24) is 19.4 Å².